The molecule has 124 valence electrons. The molecule has 1 aliphatic heterocycles. The molecular weight excluding hydrogens is 276 g/mol. The normalized spacial score (nSPS) is 16.2. The van der Waals surface area contributed by atoms with Crippen molar-refractivity contribution in [3.63, 3.8) is 0 Å². The van der Waals surface area contributed by atoms with E-state index in [-0.39, 0.29) is 0 Å². The number of aliphatic hydroxyl groups is 1. The van der Waals surface area contributed by atoms with Gasteiger partial charge in [0, 0.05) is 19.8 Å². The second kappa shape index (κ2) is 8.89. The molecule has 4 heteroatoms. The maximum absolute atomic E-state index is 10.4. The minimum Gasteiger partial charge on any atom is -0.466 e. The summed E-state index contributed by atoms with van der Waals surface area (Å²) in [6.45, 7) is 4.17. The zero-order chi connectivity index (χ0) is 15.8. The molecule has 1 atom stereocenters. The van der Waals surface area contributed by atoms with Crippen LogP contribution in [0.15, 0.2) is 34.7 Å². The molecule has 0 radical (unpaired) electrons. The number of furan rings is 1. The minimum absolute atomic E-state index is 0.607. The van der Waals surface area contributed by atoms with Gasteiger partial charge in [0.05, 0.1) is 18.6 Å². The third kappa shape index (κ3) is 4.80. The van der Waals surface area contributed by atoms with Crippen molar-refractivity contribution in [2.24, 2.45) is 0 Å². The van der Waals surface area contributed by atoms with Gasteiger partial charge in [-0.25, -0.2) is 0 Å². The molecule has 1 aliphatic rings. The van der Waals surface area contributed by atoms with Gasteiger partial charge in [-0.1, -0.05) is 45.4 Å². The SMILES string of the molecule is CCCCCCCCCN1C=C(C(O)c2ccco2)N(C)C1. The van der Waals surface area contributed by atoms with Gasteiger partial charge in [-0.15, -0.1) is 0 Å². The summed E-state index contributed by atoms with van der Waals surface area (Å²) in [5.74, 6) is 0.607. The highest BCUT2D eigenvalue weighted by Crippen LogP contribution is 2.28. The molecular formula is C18H30N2O2. The van der Waals surface area contributed by atoms with Gasteiger partial charge in [0.2, 0.25) is 0 Å². The molecule has 1 N–H and O–H groups in total. The highest BCUT2D eigenvalue weighted by atomic mass is 16.4. The average Bonchev–Trinajstić information content (AvgIpc) is 3.15. The molecule has 0 saturated carbocycles. The number of nitrogens with zero attached hydrogens (tertiary/aromatic N) is 2. The standard InChI is InChI=1S/C18H30N2O2/c1-3-4-5-6-7-8-9-12-20-14-16(19(2)15-20)18(21)17-11-10-13-22-17/h10-11,13-14,18,21H,3-9,12,15H2,1-2H3. The third-order valence-electron chi connectivity index (χ3n) is 4.29. The van der Waals surface area contributed by atoms with Gasteiger partial charge >= 0.3 is 0 Å². The lowest BCUT2D eigenvalue weighted by Crippen LogP contribution is -2.25. The van der Waals surface area contributed by atoms with E-state index in [1.807, 2.05) is 19.2 Å². The number of likely N-dealkylation sites (N-methyl/N-ethyl adjacent to an activating group) is 1. The van der Waals surface area contributed by atoms with Crippen LogP contribution in [0.5, 0.6) is 0 Å². The van der Waals surface area contributed by atoms with Crippen LogP contribution in [-0.4, -0.2) is 35.2 Å². The van der Waals surface area contributed by atoms with E-state index in [9.17, 15) is 5.11 Å². The summed E-state index contributed by atoms with van der Waals surface area (Å²) >= 11 is 0. The predicted octanol–water partition coefficient (Wildman–Crippen LogP) is 4.11. The van der Waals surface area contributed by atoms with Gasteiger partial charge in [0.15, 0.2) is 6.10 Å². The Labute approximate surface area is 134 Å². The van der Waals surface area contributed by atoms with Gasteiger partial charge < -0.3 is 19.3 Å². The van der Waals surface area contributed by atoms with Crippen molar-refractivity contribution in [2.75, 3.05) is 20.3 Å². The predicted molar refractivity (Wildman–Crippen MR) is 89.1 cm³/mol. The zero-order valence-electron chi connectivity index (χ0n) is 14.0. The fourth-order valence-corrected chi connectivity index (χ4v) is 2.96. The maximum atomic E-state index is 10.4. The van der Waals surface area contributed by atoms with Crippen molar-refractivity contribution in [2.45, 2.75) is 58.0 Å². The Bertz CT molecular complexity index is 442. The molecule has 0 fully saturated rings. The van der Waals surface area contributed by atoms with E-state index < -0.39 is 6.10 Å². The summed E-state index contributed by atoms with van der Waals surface area (Å²) in [5, 5.41) is 10.4. The van der Waals surface area contributed by atoms with Crippen molar-refractivity contribution in [3.05, 3.63) is 36.1 Å². The van der Waals surface area contributed by atoms with Gasteiger partial charge in [0.1, 0.15) is 5.76 Å². The lowest BCUT2D eigenvalue weighted by atomic mass is 10.1. The van der Waals surface area contributed by atoms with Gasteiger partial charge in [0.25, 0.3) is 0 Å². The highest BCUT2D eigenvalue weighted by molar-refractivity contribution is 5.19. The molecule has 0 bridgehead atoms. The number of unbranched alkanes of at least 4 members (excludes halogenated alkanes) is 6. The topological polar surface area (TPSA) is 39.9 Å². The monoisotopic (exact) mass is 306 g/mol. The molecule has 2 rings (SSSR count). The van der Waals surface area contributed by atoms with E-state index in [2.05, 4.69) is 22.9 Å². The van der Waals surface area contributed by atoms with E-state index in [0.717, 1.165) is 18.9 Å². The Morgan fingerprint density at radius 1 is 1.18 bits per heavy atom. The molecule has 0 spiro atoms. The van der Waals surface area contributed by atoms with E-state index >= 15 is 0 Å². The van der Waals surface area contributed by atoms with Crippen LogP contribution in [0.1, 0.15) is 63.7 Å². The molecule has 1 unspecified atom stereocenters. The van der Waals surface area contributed by atoms with Crippen LogP contribution in [0.4, 0.5) is 0 Å². The maximum Gasteiger partial charge on any atom is 0.153 e. The lowest BCUT2D eigenvalue weighted by molar-refractivity contribution is 0.151. The van der Waals surface area contributed by atoms with E-state index in [0.29, 0.717) is 5.76 Å². The van der Waals surface area contributed by atoms with Gasteiger partial charge in [-0.05, 0) is 18.6 Å². The molecule has 0 aromatic carbocycles. The molecule has 2 heterocycles. The van der Waals surface area contributed by atoms with Crippen LogP contribution in [0.25, 0.3) is 0 Å². The lowest BCUT2D eigenvalue weighted by Gasteiger charge is -2.20. The van der Waals surface area contributed by atoms with Crippen molar-refractivity contribution < 1.29 is 9.52 Å². The summed E-state index contributed by atoms with van der Waals surface area (Å²) in [6.07, 6.45) is 12.3. The van der Waals surface area contributed by atoms with Crippen LogP contribution >= 0.6 is 0 Å². The first-order chi connectivity index (χ1) is 10.7. The summed E-state index contributed by atoms with van der Waals surface area (Å²) < 4.78 is 5.30. The van der Waals surface area contributed by atoms with Crippen LogP contribution < -0.4 is 0 Å². The Hall–Kier alpha value is -1.42. The van der Waals surface area contributed by atoms with Crippen LogP contribution in [0.3, 0.4) is 0 Å². The molecule has 0 saturated heterocycles. The van der Waals surface area contributed by atoms with Crippen LogP contribution in [0, 0.1) is 0 Å². The first-order valence-corrected chi connectivity index (χ1v) is 8.60. The average molecular weight is 306 g/mol. The Balaban J connectivity index is 1.70. The highest BCUT2D eigenvalue weighted by Gasteiger charge is 2.25. The fourth-order valence-electron chi connectivity index (χ4n) is 2.96. The van der Waals surface area contributed by atoms with Crippen LogP contribution in [0.2, 0.25) is 0 Å². The van der Waals surface area contributed by atoms with Crippen molar-refractivity contribution >= 4 is 0 Å². The first-order valence-electron chi connectivity index (χ1n) is 8.60. The minimum atomic E-state index is -0.668. The summed E-state index contributed by atoms with van der Waals surface area (Å²) in [7, 11) is 2.02. The van der Waals surface area contributed by atoms with Crippen LogP contribution in [-0.2, 0) is 0 Å². The smallest absolute Gasteiger partial charge is 0.153 e. The van der Waals surface area contributed by atoms with Gasteiger partial charge in [-0.3, -0.25) is 0 Å². The number of hydrogen-bond acceptors (Lipinski definition) is 4. The quantitative estimate of drug-likeness (QED) is 0.660. The molecule has 0 amide bonds. The number of hydrogen-bond donors (Lipinski definition) is 1. The molecule has 22 heavy (non-hydrogen) atoms. The summed E-state index contributed by atoms with van der Waals surface area (Å²) in [6, 6.07) is 3.63. The molecule has 0 aliphatic carbocycles. The second-order valence-electron chi connectivity index (χ2n) is 6.24. The second-order valence-corrected chi connectivity index (χ2v) is 6.24. The fraction of sp³-hybridized carbons (Fsp3) is 0.667. The van der Waals surface area contributed by atoms with Crippen molar-refractivity contribution in [3.8, 4) is 0 Å². The Morgan fingerprint density at radius 2 is 1.91 bits per heavy atom. The van der Waals surface area contributed by atoms with E-state index in [1.165, 1.54) is 44.9 Å². The van der Waals surface area contributed by atoms with E-state index in [1.54, 1.807) is 6.26 Å². The molecule has 4 nitrogen and oxygen atoms in total. The summed E-state index contributed by atoms with van der Waals surface area (Å²) in [4.78, 5) is 4.38. The van der Waals surface area contributed by atoms with Gasteiger partial charge in [-0.2, -0.15) is 0 Å². The number of rotatable bonds is 10. The Kier molecular flexibility index (Phi) is 6.84. The Morgan fingerprint density at radius 3 is 2.59 bits per heavy atom. The number of aliphatic hydroxyl groups excluding tert-OH is 1. The third-order valence-corrected chi connectivity index (χ3v) is 4.29. The molecule has 1 aromatic rings. The van der Waals surface area contributed by atoms with Crippen molar-refractivity contribution in [1.82, 2.24) is 9.80 Å². The zero-order valence-corrected chi connectivity index (χ0v) is 14.0. The largest absolute Gasteiger partial charge is 0.466 e. The summed E-state index contributed by atoms with van der Waals surface area (Å²) in [5.41, 5.74) is 0.915. The molecule has 1 aromatic heterocycles. The first kappa shape index (κ1) is 16.9. The van der Waals surface area contributed by atoms with Crippen molar-refractivity contribution in [1.29, 1.82) is 0 Å². The van der Waals surface area contributed by atoms with E-state index in [4.69, 9.17) is 4.42 Å².